The molecule has 0 fully saturated rings. The highest BCUT2D eigenvalue weighted by Gasteiger charge is 2.19. The minimum absolute atomic E-state index is 0.0499. The Morgan fingerprint density at radius 3 is 1.08 bits per heavy atom. The fraction of sp³-hybridized carbons (Fsp3) is 0.0370. The van der Waals surface area contributed by atoms with Crippen molar-refractivity contribution in [3.8, 4) is 96.2 Å². The molecule has 10 heterocycles. The van der Waals surface area contributed by atoms with Gasteiger partial charge >= 0.3 is 6.03 Å². The predicted molar refractivity (Wildman–Crippen MR) is 570 cm³/mol. The molecule has 12 aromatic carbocycles. The maximum atomic E-state index is 12.6. The van der Waals surface area contributed by atoms with Crippen LogP contribution in [0.2, 0.25) is 0 Å². The molecule has 10 aromatic heterocycles. The van der Waals surface area contributed by atoms with Crippen LogP contribution in [-0.2, 0) is 15.6 Å². The summed E-state index contributed by atoms with van der Waals surface area (Å²) >= 11 is 1.49. The van der Waals surface area contributed by atoms with Crippen LogP contribution in [0.5, 0.6) is 11.5 Å². The van der Waals surface area contributed by atoms with Crippen LogP contribution in [0.1, 0.15) is 0 Å². The van der Waals surface area contributed by atoms with Crippen LogP contribution in [0.25, 0.3) is 139 Å². The largest absolute Gasteiger partial charge is 0.495 e. The predicted octanol–water partition coefficient (Wildman–Crippen LogP) is 22.3. The Morgan fingerprint density at radius 1 is 0.370 bits per heavy atom. The number of para-hydroxylation sites is 4. The number of urea groups is 1. The number of nitro benzene ring substituents is 3. The van der Waals surface area contributed by atoms with Crippen molar-refractivity contribution in [3.05, 3.63) is 414 Å². The summed E-state index contributed by atoms with van der Waals surface area (Å²) in [5, 5.41) is 45.1. The number of carbonyl (C=O) groups is 1. The summed E-state index contributed by atoms with van der Waals surface area (Å²) in [5.41, 5.74) is 39.8. The monoisotopic (exact) mass is 1970 g/mol. The average molecular weight is 1970 g/mol. The molecule has 1 atom stereocenters. The Kier molecular flexibility index (Phi) is 29.9. The lowest BCUT2D eigenvalue weighted by atomic mass is 10.0. The number of ether oxygens (including phenoxy) is 2. The molecular weight excluding hydrogens is 1890 g/mol. The molecule has 720 valence electrons. The zero-order valence-corrected chi connectivity index (χ0v) is 79.6. The number of nitrogens with one attached hydrogen (secondary N) is 2. The number of carbonyl (C=O) groups excluding carboxylic acids is 2. The average Bonchev–Trinajstić information content (AvgIpc) is 1.65. The molecule has 0 saturated carbocycles. The fourth-order valence-corrected chi connectivity index (χ4v) is 16.7. The van der Waals surface area contributed by atoms with Gasteiger partial charge in [-0.1, -0.05) is 157 Å². The van der Waals surface area contributed by atoms with Gasteiger partial charge in [0.25, 0.3) is 17.1 Å². The van der Waals surface area contributed by atoms with Crippen LogP contribution < -0.4 is 43.0 Å². The summed E-state index contributed by atoms with van der Waals surface area (Å²) in [6.07, 6.45) is 22.8. The number of nitrogens with two attached hydrogens (primary N) is 4. The minimum Gasteiger partial charge on any atom is -0.495 e. The Balaban J connectivity index is 0.000000122. The van der Waals surface area contributed by atoms with Crippen LogP contribution in [0.4, 0.5) is 62.5 Å². The number of methoxy groups -OCH3 is 2. The number of aliphatic imine (C=N–C) groups is 1. The van der Waals surface area contributed by atoms with Crippen LogP contribution >= 0.6 is 11.8 Å². The summed E-state index contributed by atoms with van der Waals surface area (Å²) in [7, 11) is 1.82. The summed E-state index contributed by atoms with van der Waals surface area (Å²) in [6, 6.07) is 98.5. The number of isocyanates is 1. The van der Waals surface area contributed by atoms with E-state index in [0.29, 0.717) is 51.2 Å². The molecule has 22 aromatic rings. The maximum absolute atomic E-state index is 12.6. The standard InChI is InChI=1S/C26H22N6O2.C19H14N4O3S.C19H14N4O2S.C18H13N5O2.C18H15N5.C8H7NO2/c1-34-23-8-3-2-7-21(23)30-26(33)29-20-6-4-5-18(15-20)19-10-9-17-12-14-32(22(17)16-19)24-11-13-28-25(27)31-24;1-27(26)19-20-9-7-18(21-19)22-10-8-13-5-6-15(12-17(13)22)14-3-2-4-16(11-14)23(24)25;1-26-19-20-9-7-18(21-19)22-10-8-13-5-6-15(12-17(13)22)14-3-2-4-16(11-14)23(24)25;19-18-20-8-6-17(21-18)22-9-7-12-4-5-14(11-16(12)22)13-2-1-3-15(10-13)23(24)25;19-15-3-1-2-13(10-15)14-5-4-12-7-9-23(16(12)11-14)17-6-8-21-18(20)22-17;1-11-8-5-3-2-4-7(8)9-6-10/h2-16H,1H3,(H2,27,28,31)(H2,29,30,33);2-12H,1H3;2-12H,1H3;1-11H,(H2,19,20,21);1-11H,19H2,(H2,20,21,22);2-5H,1H3. The van der Waals surface area contributed by atoms with E-state index in [2.05, 4.69) is 108 Å². The molecule has 146 heavy (non-hydrogen) atoms. The van der Waals surface area contributed by atoms with Crippen LogP contribution in [0, 0.1) is 30.3 Å². The number of rotatable bonds is 20. The lowest BCUT2D eigenvalue weighted by molar-refractivity contribution is -0.385. The zero-order chi connectivity index (χ0) is 102. The van der Waals surface area contributed by atoms with Gasteiger partial charge in [0, 0.05) is 143 Å². The maximum Gasteiger partial charge on any atom is 0.323 e. The number of aromatic nitrogens is 15. The fourth-order valence-electron chi connectivity index (χ4n) is 15.9. The zero-order valence-electron chi connectivity index (χ0n) is 78.0. The van der Waals surface area contributed by atoms with E-state index in [1.54, 1.807) is 117 Å². The van der Waals surface area contributed by atoms with Gasteiger partial charge in [-0.15, -0.1) is 0 Å². The molecule has 1 unspecified atom stereocenters. The van der Waals surface area contributed by atoms with E-state index >= 15 is 0 Å². The molecule has 2 amide bonds. The molecule has 0 aliphatic carbocycles. The second-order valence-electron chi connectivity index (χ2n) is 32.0. The van der Waals surface area contributed by atoms with Crippen LogP contribution in [0.3, 0.4) is 0 Å². The highest BCUT2D eigenvalue weighted by molar-refractivity contribution is 7.98. The highest BCUT2D eigenvalue weighted by atomic mass is 32.2. The SMILES string of the molecule is COc1ccccc1N=C=O.COc1ccccc1NC(=O)Nc1cccc(-c2ccc3ccn(-c4ccnc(N)n4)c3c2)c1.CS(=O)c1nccc(-n2ccc3ccc(-c4cccc([N+](=O)[O-])c4)cc32)n1.CSc1nccc(-n2ccc3ccc(-c4cccc([N+](=O)[O-])c4)cc32)n1.Nc1cccc(-c2ccc3ccn(-c4ccnc(N)n4)c3c2)c1.Nc1nccc(-n2ccc3ccc(-c4cccc([N+](=O)[O-])c4)cc32)n1. The minimum atomic E-state index is -1.28. The van der Waals surface area contributed by atoms with Crippen molar-refractivity contribution in [3.63, 3.8) is 0 Å². The number of amides is 2. The second-order valence-corrected chi connectivity index (χ2v) is 34.0. The molecule has 0 bridgehead atoms. The number of non-ortho nitro benzene ring substituents is 3. The molecule has 36 nitrogen and oxygen atoms in total. The second kappa shape index (κ2) is 44.8. The van der Waals surface area contributed by atoms with E-state index in [0.717, 1.165) is 127 Å². The van der Waals surface area contributed by atoms with Gasteiger partial charge in [-0.05, 0) is 201 Å². The van der Waals surface area contributed by atoms with Gasteiger partial charge in [0.15, 0.2) is 5.16 Å². The van der Waals surface area contributed by atoms with Crippen LogP contribution in [-0.4, -0.2) is 130 Å². The van der Waals surface area contributed by atoms with Crippen LogP contribution in [0.15, 0.2) is 399 Å². The lowest BCUT2D eigenvalue weighted by Gasteiger charge is -2.12. The molecule has 38 heteroatoms. The van der Waals surface area contributed by atoms with Gasteiger partial charge < -0.3 is 65.9 Å². The molecule has 10 N–H and O–H groups in total. The molecule has 0 spiro atoms. The Morgan fingerprint density at radius 2 is 0.705 bits per heavy atom. The summed E-state index contributed by atoms with van der Waals surface area (Å²) in [5.74, 6) is 5.37. The number of benzene rings is 12. The first-order valence-electron chi connectivity index (χ1n) is 44.5. The third-order valence-corrected chi connectivity index (χ3v) is 24.1. The molecule has 0 saturated heterocycles. The molecule has 22 rings (SSSR count). The lowest BCUT2D eigenvalue weighted by Crippen LogP contribution is -2.19. The van der Waals surface area contributed by atoms with E-state index in [4.69, 9.17) is 32.4 Å². The number of hydrogen-bond donors (Lipinski definition) is 6. The van der Waals surface area contributed by atoms with E-state index in [-0.39, 0.29) is 51.0 Å². The Bertz CT molecular complexity index is 8720. The quantitative estimate of drug-likeness (QED) is 0.00785. The Hall–Kier alpha value is -20.1. The highest BCUT2D eigenvalue weighted by Crippen LogP contribution is 2.37. The number of nitro groups is 3. The first-order chi connectivity index (χ1) is 71.0. The van der Waals surface area contributed by atoms with Crippen molar-refractivity contribution >= 4 is 147 Å². The third kappa shape index (κ3) is 23.1. The van der Waals surface area contributed by atoms with Gasteiger partial charge in [0.2, 0.25) is 29.1 Å². The third-order valence-electron chi connectivity index (χ3n) is 22.8. The number of anilines is 6. The summed E-state index contributed by atoms with van der Waals surface area (Å²) < 4.78 is 31.7. The molecule has 0 radical (unpaired) electrons. The summed E-state index contributed by atoms with van der Waals surface area (Å²) in [6.45, 7) is 0. The summed E-state index contributed by atoms with van der Waals surface area (Å²) in [4.78, 5) is 99.7. The van der Waals surface area contributed by atoms with Gasteiger partial charge in [-0.3, -0.25) is 34.6 Å². The number of nitrogen functional groups attached to an aromatic ring is 4. The smallest absolute Gasteiger partial charge is 0.323 e. The Labute approximate surface area is 838 Å². The molecule has 0 aliphatic rings. The van der Waals surface area contributed by atoms with Crippen molar-refractivity contribution < 1.29 is 38.0 Å². The van der Waals surface area contributed by atoms with Crippen molar-refractivity contribution in [2.24, 2.45) is 4.99 Å². The molecular formula is C108H85N25O11S2. The van der Waals surface area contributed by atoms with Crippen molar-refractivity contribution in [1.29, 1.82) is 0 Å². The van der Waals surface area contributed by atoms with Gasteiger partial charge in [0.1, 0.15) is 46.3 Å². The number of nitrogens with zero attached hydrogens (tertiary/aromatic N) is 19. The first kappa shape index (κ1) is 97.5. The van der Waals surface area contributed by atoms with E-state index in [1.165, 1.54) is 49.4 Å². The van der Waals surface area contributed by atoms with E-state index in [9.17, 15) is 44.1 Å². The van der Waals surface area contributed by atoms with Crippen molar-refractivity contribution in [2.45, 2.75) is 10.3 Å². The first-order valence-corrected chi connectivity index (χ1v) is 47.3. The van der Waals surface area contributed by atoms with Gasteiger partial charge in [-0.25, -0.2) is 44.5 Å². The number of hydrogen-bond acceptors (Lipinski definition) is 27. The van der Waals surface area contributed by atoms with Crippen molar-refractivity contribution in [1.82, 2.24) is 72.7 Å². The topological polar surface area (TPSA) is 493 Å². The van der Waals surface area contributed by atoms with E-state index < -0.39 is 20.6 Å². The normalized spacial score (nSPS) is 10.9. The van der Waals surface area contributed by atoms with Gasteiger partial charge in [-0.2, -0.15) is 19.9 Å². The number of thioether (sulfide) groups is 1. The van der Waals surface area contributed by atoms with E-state index in [1.807, 2.05) is 242 Å². The molecule has 0 aliphatic heterocycles. The van der Waals surface area contributed by atoms with Crippen molar-refractivity contribution in [2.75, 3.05) is 60.3 Å². The van der Waals surface area contributed by atoms with Gasteiger partial charge in [0.05, 0.1) is 73.1 Å². The number of fused-ring (bicyclic) bond motifs is 5.